The van der Waals surface area contributed by atoms with E-state index in [4.69, 9.17) is 0 Å². The molecule has 0 heterocycles. The number of anilines is 1. The first-order valence-corrected chi connectivity index (χ1v) is 10.5. The molecule has 0 aliphatic carbocycles. The van der Waals surface area contributed by atoms with Gasteiger partial charge in [-0.1, -0.05) is 30.3 Å². The Morgan fingerprint density at radius 2 is 1.93 bits per heavy atom. The van der Waals surface area contributed by atoms with Crippen LogP contribution in [0.4, 0.5) is 11.4 Å². The van der Waals surface area contributed by atoms with Gasteiger partial charge in [-0.2, -0.15) is 5.10 Å². The van der Waals surface area contributed by atoms with Gasteiger partial charge in [0.15, 0.2) is 0 Å². The van der Waals surface area contributed by atoms with E-state index in [-0.39, 0.29) is 16.8 Å². The molecular weight excluding hydrogens is 388 g/mol. The number of benzene rings is 2. The third-order valence-corrected chi connectivity index (χ3v) is 5.63. The number of carbonyl (C=O) groups excluding carboxylic acids is 1. The summed E-state index contributed by atoms with van der Waals surface area (Å²) >= 11 is 1.52. The van der Waals surface area contributed by atoms with Gasteiger partial charge in [0.2, 0.25) is 0 Å². The predicted molar refractivity (Wildman–Crippen MR) is 120 cm³/mol. The van der Waals surface area contributed by atoms with Crippen molar-refractivity contribution < 1.29 is 9.72 Å². The van der Waals surface area contributed by atoms with E-state index in [0.29, 0.717) is 5.56 Å². The van der Waals surface area contributed by atoms with E-state index in [9.17, 15) is 14.9 Å². The molecule has 0 bridgehead atoms. The Balaban J connectivity index is 2.04. The maximum atomic E-state index is 12.3. The van der Waals surface area contributed by atoms with Crippen molar-refractivity contribution in [2.45, 2.75) is 31.8 Å². The van der Waals surface area contributed by atoms with Crippen molar-refractivity contribution in [3.05, 3.63) is 69.8 Å². The summed E-state index contributed by atoms with van der Waals surface area (Å²) < 4.78 is 0. The van der Waals surface area contributed by atoms with Gasteiger partial charge in [-0.25, -0.2) is 5.43 Å². The highest BCUT2D eigenvalue weighted by atomic mass is 32.2. The number of non-ortho nitro benzene ring substituents is 1. The number of carbonyl (C=O) groups is 1. The lowest BCUT2D eigenvalue weighted by atomic mass is 10.1. The predicted octanol–water partition coefficient (Wildman–Crippen LogP) is 4.21. The van der Waals surface area contributed by atoms with E-state index in [0.717, 1.165) is 30.1 Å². The van der Waals surface area contributed by atoms with Crippen LogP contribution < -0.4 is 10.3 Å². The minimum Gasteiger partial charge on any atom is -0.372 e. The normalized spacial score (nSPS) is 12.0. The Kier molecular flexibility index (Phi) is 8.67. The van der Waals surface area contributed by atoms with E-state index < -0.39 is 4.92 Å². The van der Waals surface area contributed by atoms with Crippen molar-refractivity contribution in [3.63, 3.8) is 0 Å². The molecule has 0 radical (unpaired) electrons. The van der Waals surface area contributed by atoms with Crippen molar-refractivity contribution in [2.75, 3.05) is 18.0 Å². The lowest BCUT2D eigenvalue weighted by Crippen LogP contribution is -2.27. The Bertz CT molecular complexity index is 854. The number of thioether (sulfide) groups is 1. The summed E-state index contributed by atoms with van der Waals surface area (Å²) in [5.74, 6) is 0.521. The number of nitro benzene ring substituents is 1. The zero-order chi connectivity index (χ0) is 21.2. The second-order valence-electron chi connectivity index (χ2n) is 6.35. The molecule has 0 fully saturated rings. The number of nitro groups is 1. The standard InChI is InChI=1S/C21H26N4O3S/c1-4-24(5-2)20-12-11-19(25(27)28)13-18(20)14-22-23-21(26)16(3)29-15-17-9-7-6-8-10-17/h6-14,16H,4-5,15H2,1-3H3,(H,23,26)/b22-14-/t16-/m1/s1. The van der Waals surface area contributed by atoms with Crippen LogP contribution in [0.1, 0.15) is 31.9 Å². The molecule has 0 saturated heterocycles. The minimum atomic E-state index is -0.440. The first kappa shape index (κ1) is 22.4. The summed E-state index contributed by atoms with van der Waals surface area (Å²) in [7, 11) is 0. The number of hydrogen-bond acceptors (Lipinski definition) is 6. The van der Waals surface area contributed by atoms with Gasteiger partial charge in [-0.05, 0) is 32.4 Å². The molecule has 2 rings (SSSR count). The first-order valence-electron chi connectivity index (χ1n) is 9.48. The van der Waals surface area contributed by atoms with Crippen LogP contribution in [-0.2, 0) is 10.5 Å². The molecule has 1 N–H and O–H groups in total. The molecule has 154 valence electrons. The van der Waals surface area contributed by atoms with Crippen LogP contribution in [0.25, 0.3) is 0 Å². The van der Waals surface area contributed by atoms with Crippen LogP contribution in [0, 0.1) is 10.1 Å². The van der Waals surface area contributed by atoms with E-state index in [1.165, 1.54) is 30.1 Å². The fourth-order valence-electron chi connectivity index (χ4n) is 2.74. The average Bonchev–Trinajstić information content (AvgIpc) is 2.74. The van der Waals surface area contributed by atoms with Crippen molar-refractivity contribution >= 4 is 35.3 Å². The van der Waals surface area contributed by atoms with Crippen LogP contribution in [0.3, 0.4) is 0 Å². The molecule has 0 aliphatic rings. The Labute approximate surface area is 175 Å². The third kappa shape index (κ3) is 6.60. The van der Waals surface area contributed by atoms with Gasteiger partial charge in [0.05, 0.1) is 16.4 Å². The zero-order valence-electron chi connectivity index (χ0n) is 16.9. The lowest BCUT2D eigenvalue weighted by Gasteiger charge is -2.22. The first-order chi connectivity index (χ1) is 14.0. The number of nitrogens with one attached hydrogen (secondary N) is 1. The van der Waals surface area contributed by atoms with E-state index >= 15 is 0 Å². The SMILES string of the molecule is CCN(CC)c1ccc([N+](=O)[O-])cc1/C=N\NC(=O)[C@@H](C)SCc1ccccc1. The summed E-state index contributed by atoms with van der Waals surface area (Å²) in [6, 6.07) is 14.6. The minimum absolute atomic E-state index is 0.0135. The van der Waals surface area contributed by atoms with E-state index in [1.807, 2.05) is 51.1 Å². The smallest absolute Gasteiger partial charge is 0.270 e. The van der Waals surface area contributed by atoms with Crippen LogP contribution in [-0.4, -0.2) is 35.4 Å². The second kappa shape index (κ2) is 11.2. The van der Waals surface area contributed by atoms with Crippen LogP contribution in [0.2, 0.25) is 0 Å². The molecule has 0 aromatic heterocycles. The second-order valence-corrected chi connectivity index (χ2v) is 7.67. The highest BCUT2D eigenvalue weighted by Crippen LogP contribution is 2.24. The largest absolute Gasteiger partial charge is 0.372 e. The maximum Gasteiger partial charge on any atom is 0.270 e. The summed E-state index contributed by atoms with van der Waals surface area (Å²) in [5.41, 5.74) is 5.11. The third-order valence-electron chi connectivity index (χ3n) is 4.42. The molecule has 0 spiro atoms. The van der Waals surface area contributed by atoms with Crippen molar-refractivity contribution in [3.8, 4) is 0 Å². The van der Waals surface area contributed by atoms with Gasteiger partial charge in [-0.15, -0.1) is 11.8 Å². The monoisotopic (exact) mass is 414 g/mol. The zero-order valence-corrected chi connectivity index (χ0v) is 17.7. The molecule has 0 saturated carbocycles. The molecule has 0 aliphatic heterocycles. The molecule has 0 unspecified atom stereocenters. The Morgan fingerprint density at radius 1 is 1.24 bits per heavy atom. The number of hydrazone groups is 1. The molecule has 1 atom stereocenters. The Hall–Kier alpha value is -2.87. The lowest BCUT2D eigenvalue weighted by molar-refractivity contribution is -0.384. The molecular formula is C21H26N4O3S. The number of rotatable bonds is 10. The number of amides is 1. The van der Waals surface area contributed by atoms with Gasteiger partial charge in [0, 0.05) is 42.2 Å². The van der Waals surface area contributed by atoms with Gasteiger partial charge in [-0.3, -0.25) is 14.9 Å². The van der Waals surface area contributed by atoms with Gasteiger partial charge in [0.25, 0.3) is 11.6 Å². The van der Waals surface area contributed by atoms with Crippen molar-refractivity contribution in [1.82, 2.24) is 5.43 Å². The Morgan fingerprint density at radius 3 is 2.55 bits per heavy atom. The van der Waals surface area contributed by atoms with Crippen LogP contribution in [0.5, 0.6) is 0 Å². The van der Waals surface area contributed by atoms with Crippen LogP contribution >= 0.6 is 11.8 Å². The van der Waals surface area contributed by atoms with E-state index in [1.54, 1.807) is 6.07 Å². The fraction of sp³-hybridized carbons (Fsp3) is 0.333. The number of hydrogen-bond donors (Lipinski definition) is 1. The van der Waals surface area contributed by atoms with E-state index in [2.05, 4.69) is 15.4 Å². The molecule has 29 heavy (non-hydrogen) atoms. The number of nitrogens with zero attached hydrogens (tertiary/aromatic N) is 3. The van der Waals surface area contributed by atoms with Gasteiger partial charge in [0.1, 0.15) is 0 Å². The quantitative estimate of drug-likeness (QED) is 0.357. The molecule has 1 amide bonds. The average molecular weight is 415 g/mol. The highest BCUT2D eigenvalue weighted by Gasteiger charge is 2.15. The van der Waals surface area contributed by atoms with Gasteiger partial charge >= 0.3 is 0 Å². The summed E-state index contributed by atoms with van der Waals surface area (Å²) in [6.45, 7) is 7.37. The topological polar surface area (TPSA) is 87.8 Å². The van der Waals surface area contributed by atoms with Crippen molar-refractivity contribution in [2.24, 2.45) is 5.10 Å². The summed E-state index contributed by atoms with van der Waals surface area (Å²) in [5, 5.41) is 14.9. The maximum absolute atomic E-state index is 12.3. The summed E-state index contributed by atoms with van der Waals surface area (Å²) in [6.07, 6.45) is 1.47. The summed E-state index contributed by atoms with van der Waals surface area (Å²) in [4.78, 5) is 25.0. The molecule has 8 heteroatoms. The fourth-order valence-corrected chi connectivity index (χ4v) is 3.58. The van der Waals surface area contributed by atoms with Gasteiger partial charge < -0.3 is 4.90 Å². The van der Waals surface area contributed by atoms with Crippen molar-refractivity contribution in [1.29, 1.82) is 0 Å². The molecule has 2 aromatic rings. The van der Waals surface area contributed by atoms with Crippen LogP contribution in [0.15, 0.2) is 53.6 Å². The molecule has 2 aromatic carbocycles. The molecule has 7 nitrogen and oxygen atoms in total. The highest BCUT2D eigenvalue weighted by molar-refractivity contribution is 7.99.